The molecule has 0 aliphatic rings. The smallest absolute Gasteiger partial charge is 0.419 e. The maximum absolute atomic E-state index is 13.3. The lowest BCUT2D eigenvalue weighted by Gasteiger charge is -2.22. The van der Waals surface area contributed by atoms with E-state index in [-0.39, 0.29) is 18.1 Å². The van der Waals surface area contributed by atoms with Crippen LogP contribution in [0.2, 0.25) is 0 Å². The monoisotopic (exact) mass is 622 g/mol. The molecule has 0 fully saturated rings. The molecule has 9 nitrogen and oxygen atoms in total. The van der Waals surface area contributed by atoms with E-state index < -0.39 is 29.4 Å². The van der Waals surface area contributed by atoms with Crippen LogP contribution in [-0.4, -0.2) is 41.0 Å². The zero-order valence-corrected chi connectivity index (χ0v) is 24.1. The first kappa shape index (κ1) is 28.3. The fourth-order valence-electron chi connectivity index (χ4n) is 3.43. The highest BCUT2D eigenvalue weighted by Gasteiger charge is 2.30. The molecule has 2 aromatic carbocycles. The molecule has 0 aliphatic carbocycles. The zero-order chi connectivity index (χ0) is 27.5. The van der Waals surface area contributed by atoms with Gasteiger partial charge in [0.2, 0.25) is 0 Å². The minimum absolute atomic E-state index is 0.0383. The number of rotatable bonds is 5. The van der Waals surface area contributed by atoms with E-state index in [2.05, 4.69) is 5.32 Å². The minimum atomic E-state index is -0.822. The van der Waals surface area contributed by atoms with Crippen molar-refractivity contribution in [2.45, 2.75) is 59.4 Å². The van der Waals surface area contributed by atoms with E-state index in [1.54, 1.807) is 47.6 Å². The Balaban J connectivity index is 2.22. The topological polar surface area (TPSA) is 105 Å². The van der Waals surface area contributed by atoms with E-state index in [1.807, 2.05) is 52.9 Å². The van der Waals surface area contributed by atoms with Gasteiger partial charge in [0, 0.05) is 15.0 Å². The van der Waals surface area contributed by atoms with Gasteiger partial charge in [-0.05, 0) is 75.8 Å². The lowest BCUT2D eigenvalue weighted by atomic mass is 10.2. The molecule has 0 aliphatic heterocycles. The number of hydrogen-bond acceptors (Lipinski definition) is 7. The third kappa shape index (κ3) is 7.15. The summed E-state index contributed by atoms with van der Waals surface area (Å²) in [5.41, 5.74) is 0.0259. The van der Waals surface area contributed by atoms with Gasteiger partial charge >= 0.3 is 18.2 Å². The van der Waals surface area contributed by atoms with Crippen molar-refractivity contribution in [2.75, 3.05) is 12.4 Å². The number of aromatic nitrogens is 1. The predicted octanol–water partition coefficient (Wildman–Crippen LogP) is 6.74. The van der Waals surface area contributed by atoms with Crippen LogP contribution in [0.4, 0.5) is 15.3 Å². The number of nitrogens with zero attached hydrogens (tertiary/aromatic N) is 1. The summed E-state index contributed by atoms with van der Waals surface area (Å²) in [5, 5.41) is 3.24. The fourth-order valence-corrected chi connectivity index (χ4v) is 4.13. The first-order valence-corrected chi connectivity index (χ1v) is 12.6. The molecule has 1 aromatic heterocycles. The Morgan fingerprint density at radius 2 is 1.57 bits per heavy atom. The summed E-state index contributed by atoms with van der Waals surface area (Å²) in [6, 6.07) is 12.6. The van der Waals surface area contributed by atoms with Gasteiger partial charge < -0.3 is 18.9 Å². The number of fused-ring (bicyclic) bond motifs is 1. The largest absolute Gasteiger partial charge is 0.487 e. The van der Waals surface area contributed by atoms with Crippen molar-refractivity contribution in [3.05, 3.63) is 57.3 Å². The Hall–Kier alpha value is -3.28. The second-order valence-corrected chi connectivity index (χ2v) is 11.3. The number of anilines is 1. The number of carbonyl (C=O) groups excluding carboxylic acids is 3. The quantitative estimate of drug-likeness (QED) is 0.191. The summed E-state index contributed by atoms with van der Waals surface area (Å²) in [6.45, 7) is 10.7. The van der Waals surface area contributed by atoms with Crippen molar-refractivity contribution in [2.24, 2.45) is 0 Å². The molecule has 1 N–H and O–H groups in total. The van der Waals surface area contributed by atoms with Crippen molar-refractivity contribution < 1.29 is 33.3 Å². The number of methoxy groups -OCH3 is 1. The van der Waals surface area contributed by atoms with E-state index in [0.717, 1.165) is 10.1 Å². The highest BCUT2D eigenvalue weighted by atomic mass is 127. The first-order chi connectivity index (χ1) is 17.2. The number of nitrogens with one attached hydrogen (secondary N) is 1. The zero-order valence-electron chi connectivity index (χ0n) is 21.9. The van der Waals surface area contributed by atoms with Gasteiger partial charge in [-0.25, -0.2) is 19.0 Å². The molecule has 3 aromatic rings. The summed E-state index contributed by atoms with van der Waals surface area (Å²) in [4.78, 5) is 38.6. The SMILES string of the molecule is COC(=O)c1cc2c(I)c(NC(=O)OC(C)(C)C)cc(OCc3ccccc3)c2n1C(=O)OC(C)(C)C. The average molecular weight is 622 g/mol. The molecule has 10 heteroatoms. The fraction of sp³-hybridized carbons (Fsp3) is 0.370. The van der Waals surface area contributed by atoms with Crippen molar-refractivity contribution in [1.82, 2.24) is 4.57 Å². The maximum Gasteiger partial charge on any atom is 0.419 e. The van der Waals surface area contributed by atoms with E-state index in [0.29, 0.717) is 20.2 Å². The summed E-state index contributed by atoms with van der Waals surface area (Å²) in [5.74, 6) is -0.472. The highest BCUT2D eigenvalue weighted by molar-refractivity contribution is 14.1. The number of halogens is 1. The van der Waals surface area contributed by atoms with Gasteiger partial charge in [-0.15, -0.1) is 0 Å². The van der Waals surface area contributed by atoms with Gasteiger partial charge in [-0.1, -0.05) is 30.3 Å². The van der Waals surface area contributed by atoms with E-state index in [9.17, 15) is 14.4 Å². The Labute approximate surface area is 229 Å². The van der Waals surface area contributed by atoms with E-state index >= 15 is 0 Å². The maximum atomic E-state index is 13.3. The third-order valence-corrected chi connectivity index (χ3v) is 5.99. The van der Waals surface area contributed by atoms with Crippen molar-refractivity contribution in [3.63, 3.8) is 0 Å². The molecule has 3 rings (SSSR count). The molecule has 198 valence electrons. The Morgan fingerprint density at radius 1 is 0.946 bits per heavy atom. The van der Waals surface area contributed by atoms with Crippen LogP contribution < -0.4 is 10.1 Å². The number of benzene rings is 2. The molecule has 0 unspecified atom stereocenters. The standard InChI is InChI=1S/C27H31IN2O7/c1-26(2,3)36-24(32)29-18-14-20(35-15-16-11-9-8-10-12-16)22-17(21(18)28)13-19(23(31)34-7)30(22)25(33)37-27(4,5)6/h8-14H,15H2,1-7H3,(H,29,32). The summed E-state index contributed by atoms with van der Waals surface area (Å²) in [7, 11) is 1.23. The Bertz CT molecular complexity index is 1320. The number of amides is 1. The lowest BCUT2D eigenvalue weighted by Crippen LogP contribution is -2.29. The van der Waals surface area contributed by atoms with Gasteiger partial charge in [0.15, 0.2) is 0 Å². The van der Waals surface area contributed by atoms with Gasteiger partial charge in [0.1, 0.15) is 34.8 Å². The molecule has 0 spiro atoms. The van der Waals surface area contributed by atoms with Crippen LogP contribution >= 0.6 is 22.6 Å². The van der Waals surface area contributed by atoms with Crippen LogP contribution in [0.25, 0.3) is 10.9 Å². The normalized spacial score (nSPS) is 11.7. The van der Waals surface area contributed by atoms with Crippen LogP contribution in [0, 0.1) is 3.57 Å². The van der Waals surface area contributed by atoms with E-state index in [1.165, 1.54) is 13.2 Å². The molecule has 0 atom stereocenters. The highest BCUT2D eigenvalue weighted by Crippen LogP contribution is 2.39. The second kappa shape index (κ2) is 11.0. The van der Waals surface area contributed by atoms with Crippen molar-refractivity contribution in [3.8, 4) is 5.75 Å². The first-order valence-electron chi connectivity index (χ1n) is 11.6. The van der Waals surface area contributed by atoms with Crippen LogP contribution in [0.5, 0.6) is 5.75 Å². The molecule has 37 heavy (non-hydrogen) atoms. The number of ether oxygens (including phenoxy) is 4. The van der Waals surface area contributed by atoms with Gasteiger partial charge in [0.05, 0.1) is 12.8 Å². The summed E-state index contributed by atoms with van der Waals surface area (Å²) >= 11 is 2.04. The third-order valence-electron chi connectivity index (χ3n) is 4.83. The molecular weight excluding hydrogens is 591 g/mol. The average Bonchev–Trinajstić information content (AvgIpc) is 3.19. The van der Waals surface area contributed by atoms with Crippen LogP contribution in [0.15, 0.2) is 42.5 Å². The lowest BCUT2D eigenvalue weighted by molar-refractivity contribution is 0.0489. The number of carbonyl (C=O) groups is 3. The molecule has 0 saturated carbocycles. The number of hydrogen-bond donors (Lipinski definition) is 1. The van der Waals surface area contributed by atoms with Crippen molar-refractivity contribution >= 4 is 57.3 Å². The van der Waals surface area contributed by atoms with Gasteiger partial charge in [-0.2, -0.15) is 0 Å². The molecule has 1 heterocycles. The molecular formula is C27H31IN2O7. The Morgan fingerprint density at radius 3 is 2.14 bits per heavy atom. The van der Waals surface area contributed by atoms with Gasteiger partial charge in [0.25, 0.3) is 0 Å². The summed E-state index contributed by atoms with van der Waals surface area (Å²) in [6.07, 6.45) is -1.42. The molecule has 0 bridgehead atoms. The van der Waals surface area contributed by atoms with E-state index in [4.69, 9.17) is 18.9 Å². The predicted molar refractivity (Wildman–Crippen MR) is 148 cm³/mol. The summed E-state index contributed by atoms with van der Waals surface area (Å²) < 4.78 is 23.8. The molecule has 1 amide bonds. The molecule has 0 radical (unpaired) electrons. The minimum Gasteiger partial charge on any atom is -0.487 e. The Kier molecular flexibility index (Phi) is 8.41. The second-order valence-electron chi connectivity index (χ2n) is 10.2. The van der Waals surface area contributed by atoms with Crippen LogP contribution in [0.1, 0.15) is 57.6 Å². The van der Waals surface area contributed by atoms with Gasteiger partial charge in [-0.3, -0.25) is 5.32 Å². The van der Waals surface area contributed by atoms with Crippen molar-refractivity contribution in [1.29, 1.82) is 0 Å². The number of esters is 1. The van der Waals surface area contributed by atoms with Crippen LogP contribution in [0.3, 0.4) is 0 Å². The molecule has 0 saturated heterocycles. The van der Waals surface area contributed by atoms with Crippen LogP contribution in [-0.2, 0) is 20.8 Å².